The first-order valence-electron chi connectivity index (χ1n) is 7.20. The lowest BCUT2D eigenvalue weighted by atomic mass is 10.2. The van der Waals surface area contributed by atoms with E-state index in [0.717, 1.165) is 0 Å². The number of rotatable bonds is 4. The molecule has 2 aromatic rings. The molecule has 2 rings (SSSR count). The van der Waals surface area contributed by atoms with Gasteiger partial charge in [0.1, 0.15) is 5.75 Å². The third-order valence-corrected chi connectivity index (χ3v) is 3.94. The number of halogens is 2. The van der Waals surface area contributed by atoms with E-state index >= 15 is 0 Å². The zero-order valence-corrected chi connectivity index (χ0v) is 15.4. The fourth-order valence-corrected chi connectivity index (χ4v) is 2.49. The van der Waals surface area contributed by atoms with Crippen LogP contribution >= 0.6 is 35.4 Å². The topological polar surface area (TPSA) is 50.4 Å². The highest BCUT2D eigenvalue weighted by Gasteiger charge is 2.15. The second-order valence-corrected chi connectivity index (χ2v) is 6.37. The predicted molar refractivity (Wildman–Crippen MR) is 102 cm³/mol. The van der Waals surface area contributed by atoms with E-state index in [1.54, 1.807) is 42.5 Å². The van der Waals surface area contributed by atoms with Crippen molar-refractivity contribution in [2.45, 2.75) is 20.0 Å². The van der Waals surface area contributed by atoms with Crippen molar-refractivity contribution in [2.75, 3.05) is 5.32 Å². The molecule has 2 N–H and O–H groups in total. The summed E-state index contributed by atoms with van der Waals surface area (Å²) in [7, 11) is 0. The van der Waals surface area contributed by atoms with Crippen LogP contribution in [0.2, 0.25) is 10.0 Å². The second kappa shape index (κ2) is 8.33. The van der Waals surface area contributed by atoms with Crippen molar-refractivity contribution in [3.63, 3.8) is 0 Å². The number of carbonyl (C=O) groups is 1. The molecule has 0 saturated heterocycles. The number of hydrogen-bond acceptors (Lipinski definition) is 3. The van der Waals surface area contributed by atoms with Crippen LogP contribution in [0.3, 0.4) is 0 Å². The van der Waals surface area contributed by atoms with Crippen LogP contribution < -0.4 is 15.4 Å². The van der Waals surface area contributed by atoms with Crippen LogP contribution in [0.4, 0.5) is 5.69 Å². The van der Waals surface area contributed by atoms with Crippen molar-refractivity contribution in [3.8, 4) is 5.75 Å². The average molecular weight is 383 g/mol. The van der Waals surface area contributed by atoms with Gasteiger partial charge in [0.2, 0.25) is 0 Å². The number of amides is 1. The van der Waals surface area contributed by atoms with Crippen LogP contribution in [0.15, 0.2) is 42.5 Å². The van der Waals surface area contributed by atoms with Crippen molar-refractivity contribution in [1.82, 2.24) is 5.32 Å². The normalized spacial score (nSPS) is 10.4. The standard InChI is InChI=1S/C17H16Cl2N2O2S/c1-10(2)23-14-9-4-3-6-11(14)16(22)21-17(24)20-13-8-5-7-12(18)15(13)19/h3-10H,1-2H3,(H2,20,21,22,24). The molecule has 0 aliphatic heterocycles. The number of ether oxygens (including phenoxy) is 1. The molecular weight excluding hydrogens is 367 g/mol. The van der Waals surface area contributed by atoms with Gasteiger partial charge in [0.25, 0.3) is 5.91 Å². The van der Waals surface area contributed by atoms with Gasteiger partial charge in [-0.05, 0) is 50.3 Å². The highest BCUT2D eigenvalue weighted by Crippen LogP contribution is 2.29. The van der Waals surface area contributed by atoms with Crippen LogP contribution in [0.1, 0.15) is 24.2 Å². The lowest BCUT2D eigenvalue weighted by Gasteiger charge is -2.15. The quantitative estimate of drug-likeness (QED) is 0.737. The van der Waals surface area contributed by atoms with Gasteiger partial charge in [-0.2, -0.15) is 0 Å². The Morgan fingerprint density at radius 3 is 2.54 bits per heavy atom. The summed E-state index contributed by atoms with van der Waals surface area (Å²) in [4.78, 5) is 12.4. The van der Waals surface area contributed by atoms with E-state index in [0.29, 0.717) is 27.0 Å². The summed E-state index contributed by atoms with van der Waals surface area (Å²) in [6.45, 7) is 3.78. The SMILES string of the molecule is CC(C)Oc1ccccc1C(=O)NC(=S)Nc1cccc(Cl)c1Cl. The molecular formula is C17H16Cl2N2O2S. The third kappa shape index (κ3) is 4.84. The van der Waals surface area contributed by atoms with E-state index < -0.39 is 0 Å². The second-order valence-electron chi connectivity index (χ2n) is 5.17. The van der Waals surface area contributed by atoms with E-state index in [2.05, 4.69) is 10.6 Å². The Morgan fingerprint density at radius 2 is 1.83 bits per heavy atom. The summed E-state index contributed by atoms with van der Waals surface area (Å²) in [6, 6.07) is 12.1. The molecule has 24 heavy (non-hydrogen) atoms. The molecule has 0 aliphatic carbocycles. The monoisotopic (exact) mass is 382 g/mol. The van der Waals surface area contributed by atoms with Gasteiger partial charge in [-0.3, -0.25) is 10.1 Å². The smallest absolute Gasteiger partial charge is 0.261 e. The molecule has 0 heterocycles. The Hall–Kier alpha value is -1.82. The summed E-state index contributed by atoms with van der Waals surface area (Å²) in [5.74, 6) is 0.121. The molecule has 0 spiro atoms. The molecule has 0 bridgehead atoms. The molecule has 0 atom stereocenters. The molecule has 0 saturated carbocycles. The van der Waals surface area contributed by atoms with Crippen molar-refractivity contribution in [2.24, 2.45) is 0 Å². The van der Waals surface area contributed by atoms with E-state index in [-0.39, 0.29) is 17.1 Å². The molecule has 0 unspecified atom stereocenters. The van der Waals surface area contributed by atoms with Crippen molar-refractivity contribution >= 4 is 52.1 Å². The number of nitrogens with one attached hydrogen (secondary N) is 2. The van der Waals surface area contributed by atoms with Gasteiger partial charge in [-0.25, -0.2) is 0 Å². The van der Waals surface area contributed by atoms with Crippen LogP contribution in [0, 0.1) is 0 Å². The van der Waals surface area contributed by atoms with Gasteiger partial charge in [-0.1, -0.05) is 41.4 Å². The molecule has 2 aromatic carbocycles. The summed E-state index contributed by atoms with van der Waals surface area (Å²) in [6.07, 6.45) is -0.0470. The maximum absolute atomic E-state index is 12.4. The van der Waals surface area contributed by atoms with Gasteiger partial charge in [0.05, 0.1) is 27.4 Å². The van der Waals surface area contributed by atoms with E-state index in [4.69, 9.17) is 40.2 Å². The van der Waals surface area contributed by atoms with Crippen LogP contribution in [0.5, 0.6) is 5.75 Å². The molecule has 0 aliphatic rings. The lowest BCUT2D eigenvalue weighted by Crippen LogP contribution is -2.34. The predicted octanol–water partition coefficient (Wildman–Crippen LogP) is 4.91. The summed E-state index contributed by atoms with van der Waals surface area (Å²) < 4.78 is 5.64. The zero-order chi connectivity index (χ0) is 17.7. The minimum Gasteiger partial charge on any atom is -0.490 e. The Balaban J connectivity index is 2.10. The van der Waals surface area contributed by atoms with Crippen LogP contribution in [-0.2, 0) is 0 Å². The minimum absolute atomic E-state index is 0.0470. The zero-order valence-electron chi connectivity index (χ0n) is 13.1. The van der Waals surface area contributed by atoms with Crippen LogP contribution in [-0.4, -0.2) is 17.1 Å². The maximum Gasteiger partial charge on any atom is 0.261 e. The molecule has 0 fully saturated rings. The molecule has 0 radical (unpaired) electrons. The largest absolute Gasteiger partial charge is 0.490 e. The van der Waals surface area contributed by atoms with Gasteiger partial charge in [0.15, 0.2) is 5.11 Å². The fourth-order valence-electron chi connectivity index (χ4n) is 1.94. The van der Waals surface area contributed by atoms with Gasteiger partial charge in [0, 0.05) is 0 Å². The van der Waals surface area contributed by atoms with E-state index in [1.807, 2.05) is 13.8 Å². The first-order chi connectivity index (χ1) is 11.4. The van der Waals surface area contributed by atoms with Crippen LogP contribution in [0.25, 0.3) is 0 Å². The third-order valence-electron chi connectivity index (χ3n) is 2.92. The molecule has 1 amide bonds. The highest BCUT2D eigenvalue weighted by atomic mass is 35.5. The number of anilines is 1. The van der Waals surface area contributed by atoms with Crippen molar-refractivity contribution < 1.29 is 9.53 Å². The van der Waals surface area contributed by atoms with Gasteiger partial charge in [-0.15, -0.1) is 0 Å². The number of benzene rings is 2. The Labute approximate surface area is 156 Å². The van der Waals surface area contributed by atoms with E-state index in [9.17, 15) is 4.79 Å². The van der Waals surface area contributed by atoms with Gasteiger partial charge >= 0.3 is 0 Å². The Bertz CT molecular complexity index is 766. The maximum atomic E-state index is 12.4. The fraction of sp³-hybridized carbons (Fsp3) is 0.176. The highest BCUT2D eigenvalue weighted by molar-refractivity contribution is 7.80. The Kier molecular flexibility index (Phi) is 6.43. The minimum atomic E-state index is -0.373. The number of carbonyl (C=O) groups excluding carboxylic acids is 1. The summed E-state index contributed by atoms with van der Waals surface area (Å²) >= 11 is 17.2. The summed E-state index contributed by atoms with van der Waals surface area (Å²) in [5, 5.41) is 6.30. The number of para-hydroxylation sites is 1. The number of hydrogen-bond donors (Lipinski definition) is 2. The Morgan fingerprint density at radius 1 is 1.12 bits per heavy atom. The average Bonchev–Trinajstić information content (AvgIpc) is 2.51. The molecule has 0 aromatic heterocycles. The number of thiocarbonyl (C=S) groups is 1. The lowest BCUT2D eigenvalue weighted by molar-refractivity contribution is 0.0972. The van der Waals surface area contributed by atoms with Gasteiger partial charge < -0.3 is 10.1 Å². The first kappa shape index (κ1) is 18.5. The van der Waals surface area contributed by atoms with Crippen molar-refractivity contribution in [1.29, 1.82) is 0 Å². The van der Waals surface area contributed by atoms with Crippen molar-refractivity contribution in [3.05, 3.63) is 58.1 Å². The molecule has 126 valence electrons. The van der Waals surface area contributed by atoms with E-state index in [1.165, 1.54) is 0 Å². The summed E-state index contributed by atoms with van der Waals surface area (Å²) in [5.41, 5.74) is 0.911. The first-order valence-corrected chi connectivity index (χ1v) is 8.37. The molecule has 4 nitrogen and oxygen atoms in total. The molecule has 7 heteroatoms.